The van der Waals surface area contributed by atoms with Gasteiger partial charge in [-0.1, -0.05) is 20.8 Å². The maximum absolute atomic E-state index is 11.5. The van der Waals surface area contributed by atoms with Gasteiger partial charge in [0.25, 0.3) is 0 Å². The molecule has 0 saturated carbocycles. The van der Waals surface area contributed by atoms with Crippen molar-refractivity contribution in [3.8, 4) is 0 Å². The second-order valence-electron chi connectivity index (χ2n) is 6.10. The molecule has 0 saturated heterocycles. The van der Waals surface area contributed by atoms with Crippen molar-refractivity contribution in [2.24, 2.45) is 10.6 Å². The smallest absolute Gasteiger partial charge is 0.240 e. The first-order valence-corrected chi connectivity index (χ1v) is 7.88. The van der Waals surface area contributed by atoms with Crippen molar-refractivity contribution in [3.63, 3.8) is 0 Å². The Morgan fingerprint density at radius 1 is 1.35 bits per heavy atom. The predicted molar refractivity (Wildman–Crippen MR) is 80.8 cm³/mol. The second kappa shape index (κ2) is 5.99. The Morgan fingerprint density at radius 2 is 1.95 bits per heavy atom. The lowest BCUT2D eigenvalue weighted by Gasteiger charge is -2.23. The Hall–Kier alpha value is -1.31. The van der Waals surface area contributed by atoms with Crippen LogP contribution in [0.25, 0.3) is 0 Å². The van der Waals surface area contributed by atoms with Gasteiger partial charge in [-0.25, -0.2) is 13.6 Å². The summed E-state index contributed by atoms with van der Waals surface area (Å²) >= 11 is 0. The zero-order valence-electron chi connectivity index (χ0n) is 12.1. The number of hydrogen-bond donors (Lipinski definition) is 4. The summed E-state index contributed by atoms with van der Waals surface area (Å²) in [6, 6.07) is 4.42. The fraction of sp³-hybridized carbons (Fsp3) is 0.538. The molecule has 0 radical (unpaired) electrons. The highest BCUT2D eigenvalue weighted by atomic mass is 32.2. The molecular weight excluding hydrogens is 278 g/mol. The summed E-state index contributed by atoms with van der Waals surface area (Å²) in [5.41, 5.74) is 6.21. The van der Waals surface area contributed by atoms with E-state index < -0.39 is 16.1 Å². The number of nitrogen functional groups attached to an aromatic ring is 1. The molecule has 1 rings (SSSR count). The first kappa shape index (κ1) is 16.7. The lowest BCUT2D eigenvalue weighted by Crippen LogP contribution is -2.26. The zero-order chi connectivity index (χ0) is 15.6. The number of hydrogen-bond acceptors (Lipinski definition) is 5. The molecule has 1 unspecified atom stereocenters. The van der Waals surface area contributed by atoms with Crippen LogP contribution in [-0.4, -0.2) is 26.2 Å². The number of nitrogens with two attached hydrogens (primary N) is 2. The predicted octanol–water partition coefficient (Wildman–Crippen LogP) is 1.13. The van der Waals surface area contributed by atoms with Crippen LogP contribution in [0.2, 0.25) is 0 Å². The van der Waals surface area contributed by atoms with Crippen molar-refractivity contribution in [2.75, 3.05) is 17.6 Å². The van der Waals surface area contributed by atoms with Gasteiger partial charge < -0.3 is 16.2 Å². The number of primary sulfonamides is 1. The van der Waals surface area contributed by atoms with Crippen molar-refractivity contribution in [1.82, 2.24) is 0 Å². The summed E-state index contributed by atoms with van der Waals surface area (Å²) in [6.45, 7) is 6.31. The van der Waals surface area contributed by atoms with Gasteiger partial charge in [-0.3, -0.25) is 0 Å². The number of nitrogens with one attached hydrogen (secondary N) is 1. The van der Waals surface area contributed by atoms with Gasteiger partial charge in [0.15, 0.2) is 0 Å². The molecule has 6 N–H and O–H groups in total. The highest BCUT2D eigenvalue weighted by Gasteiger charge is 2.18. The SMILES string of the molecule is CC(C)(C)CC(O)CNc1ccc(N)cc1S(N)(=O)=O. The molecule has 6 nitrogen and oxygen atoms in total. The molecule has 0 heterocycles. The third-order valence-corrected chi connectivity index (χ3v) is 3.64. The fourth-order valence-corrected chi connectivity index (χ4v) is 2.67. The zero-order valence-corrected chi connectivity index (χ0v) is 12.9. The third-order valence-electron chi connectivity index (χ3n) is 2.69. The van der Waals surface area contributed by atoms with E-state index in [2.05, 4.69) is 5.32 Å². The standard InChI is InChI=1S/C13H23N3O3S/c1-13(2,3)7-10(17)8-16-11-5-4-9(14)6-12(11)20(15,18)19/h4-6,10,16-17H,7-8,14H2,1-3H3,(H2,15,18,19). The minimum absolute atomic E-state index is 0.00894. The van der Waals surface area contributed by atoms with Gasteiger partial charge in [0.05, 0.1) is 11.8 Å². The molecule has 0 bridgehead atoms. The van der Waals surface area contributed by atoms with E-state index in [1.807, 2.05) is 20.8 Å². The van der Waals surface area contributed by atoms with Crippen LogP contribution in [0, 0.1) is 5.41 Å². The van der Waals surface area contributed by atoms with Crippen LogP contribution < -0.4 is 16.2 Å². The van der Waals surface area contributed by atoms with Gasteiger partial charge in [-0.2, -0.15) is 0 Å². The Kier molecular flexibility index (Phi) is 5.01. The van der Waals surface area contributed by atoms with Gasteiger partial charge in [-0.05, 0) is 30.0 Å². The number of anilines is 2. The maximum Gasteiger partial charge on any atom is 0.240 e. The Morgan fingerprint density at radius 3 is 2.45 bits per heavy atom. The lowest BCUT2D eigenvalue weighted by atomic mass is 9.89. The molecule has 0 spiro atoms. The molecule has 7 heteroatoms. The molecule has 20 heavy (non-hydrogen) atoms. The second-order valence-corrected chi connectivity index (χ2v) is 7.63. The van der Waals surface area contributed by atoms with Crippen LogP contribution in [0.1, 0.15) is 27.2 Å². The lowest BCUT2D eigenvalue weighted by molar-refractivity contribution is 0.132. The number of benzene rings is 1. The Bertz CT molecular complexity index is 565. The van der Waals surface area contributed by atoms with Gasteiger partial charge >= 0.3 is 0 Å². The van der Waals surface area contributed by atoms with E-state index in [-0.39, 0.29) is 16.9 Å². The topological polar surface area (TPSA) is 118 Å². The minimum atomic E-state index is -3.86. The molecule has 114 valence electrons. The molecule has 0 aliphatic carbocycles. The first-order valence-electron chi connectivity index (χ1n) is 6.33. The number of rotatable bonds is 5. The molecule has 1 aromatic rings. The van der Waals surface area contributed by atoms with E-state index in [4.69, 9.17) is 10.9 Å². The molecular formula is C13H23N3O3S. The number of aliphatic hydroxyl groups excluding tert-OH is 1. The summed E-state index contributed by atoms with van der Waals surface area (Å²) < 4.78 is 23.0. The summed E-state index contributed by atoms with van der Waals surface area (Å²) in [4.78, 5) is -0.0690. The van der Waals surface area contributed by atoms with E-state index in [0.717, 1.165) is 0 Å². The van der Waals surface area contributed by atoms with Gasteiger partial charge in [0.2, 0.25) is 10.0 Å². The minimum Gasteiger partial charge on any atom is -0.399 e. The van der Waals surface area contributed by atoms with Crippen LogP contribution in [0.3, 0.4) is 0 Å². The molecule has 1 aromatic carbocycles. The van der Waals surface area contributed by atoms with Crippen molar-refractivity contribution < 1.29 is 13.5 Å². The average molecular weight is 301 g/mol. The number of aliphatic hydroxyl groups is 1. The average Bonchev–Trinajstić information content (AvgIpc) is 2.23. The first-order chi connectivity index (χ1) is 8.99. The van der Waals surface area contributed by atoms with Crippen molar-refractivity contribution >= 4 is 21.4 Å². The largest absolute Gasteiger partial charge is 0.399 e. The normalized spacial score (nSPS) is 14.1. The Labute approximate surface area is 120 Å². The highest BCUT2D eigenvalue weighted by Crippen LogP contribution is 2.24. The molecule has 0 amide bonds. The van der Waals surface area contributed by atoms with Crippen LogP contribution in [0.5, 0.6) is 0 Å². The van der Waals surface area contributed by atoms with E-state index >= 15 is 0 Å². The van der Waals surface area contributed by atoms with Gasteiger partial charge in [-0.15, -0.1) is 0 Å². The summed E-state index contributed by atoms with van der Waals surface area (Å²) in [6.07, 6.45) is 0.0144. The molecule has 0 fully saturated rings. The number of sulfonamides is 1. The summed E-state index contributed by atoms with van der Waals surface area (Å²) in [7, 11) is -3.86. The van der Waals surface area contributed by atoms with Gasteiger partial charge in [0.1, 0.15) is 4.90 Å². The van der Waals surface area contributed by atoms with Gasteiger partial charge in [0, 0.05) is 12.2 Å². The van der Waals surface area contributed by atoms with E-state index in [9.17, 15) is 13.5 Å². The van der Waals surface area contributed by atoms with E-state index in [0.29, 0.717) is 17.8 Å². The summed E-state index contributed by atoms with van der Waals surface area (Å²) in [5.74, 6) is 0. The highest BCUT2D eigenvalue weighted by molar-refractivity contribution is 7.89. The molecule has 1 atom stereocenters. The van der Waals surface area contributed by atoms with Crippen LogP contribution >= 0.6 is 0 Å². The van der Waals surface area contributed by atoms with Crippen molar-refractivity contribution in [2.45, 2.75) is 38.2 Å². The van der Waals surface area contributed by atoms with Crippen LogP contribution in [-0.2, 0) is 10.0 Å². The molecule has 0 aliphatic rings. The van der Waals surface area contributed by atoms with Crippen LogP contribution in [0.15, 0.2) is 23.1 Å². The van der Waals surface area contributed by atoms with Crippen molar-refractivity contribution in [3.05, 3.63) is 18.2 Å². The maximum atomic E-state index is 11.5. The monoisotopic (exact) mass is 301 g/mol. The van der Waals surface area contributed by atoms with Crippen LogP contribution in [0.4, 0.5) is 11.4 Å². The van der Waals surface area contributed by atoms with E-state index in [1.54, 1.807) is 12.1 Å². The molecule has 0 aliphatic heterocycles. The fourth-order valence-electron chi connectivity index (χ4n) is 1.93. The quantitative estimate of drug-likeness (QED) is 0.608. The summed E-state index contributed by atoms with van der Waals surface area (Å²) in [5, 5.41) is 18.0. The van der Waals surface area contributed by atoms with E-state index in [1.165, 1.54) is 6.07 Å². The van der Waals surface area contributed by atoms with Crippen molar-refractivity contribution in [1.29, 1.82) is 0 Å². The molecule has 0 aromatic heterocycles. The Balaban J connectivity index is 2.84. The third kappa shape index (κ3) is 5.36.